The number of β-amino-alcohol motifs (C(OH)–C–C–N with tert-alkyl or cyclic N) is 1. The highest BCUT2D eigenvalue weighted by atomic mass is 35.5. The summed E-state index contributed by atoms with van der Waals surface area (Å²) < 4.78 is 38.5. The zero-order valence-electron chi connectivity index (χ0n) is 44.3. The molecule has 0 spiro atoms. The lowest BCUT2D eigenvalue weighted by atomic mass is 9.85. The number of ether oxygens (including phenoxy) is 2. The summed E-state index contributed by atoms with van der Waals surface area (Å²) in [5.74, 6) is 0.595. The number of carbonyl (C=O) groups excluding carboxylic acids is 3. The summed E-state index contributed by atoms with van der Waals surface area (Å²) in [6.45, 7) is 18.2. The van der Waals surface area contributed by atoms with E-state index >= 15 is 0 Å². The quantitative estimate of drug-likeness (QED) is 0.0386. The molecule has 0 saturated carbocycles. The number of aliphatic hydroxyl groups is 1. The first-order valence-corrected chi connectivity index (χ1v) is 27.8. The normalized spacial score (nSPS) is 15.7. The average molecular weight is 1070 g/mol. The number of carbonyl (C=O) groups is 3. The van der Waals surface area contributed by atoms with Gasteiger partial charge in [0.25, 0.3) is 0 Å². The summed E-state index contributed by atoms with van der Waals surface area (Å²) >= 11 is 8.04. The molecule has 2 aromatic heterocycles. The van der Waals surface area contributed by atoms with E-state index in [-0.39, 0.29) is 40.6 Å². The predicted octanol–water partition coefficient (Wildman–Crippen LogP) is 8.96. The van der Waals surface area contributed by atoms with Gasteiger partial charge in [0.2, 0.25) is 23.7 Å². The van der Waals surface area contributed by atoms with Gasteiger partial charge in [0.15, 0.2) is 15.7 Å². The van der Waals surface area contributed by atoms with Crippen LogP contribution < -0.4 is 30.7 Å². The summed E-state index contributed by atoms with van der Waals surface area (Å²) in [7, 11) is 0.135. The molecule has 1 aliphatic heterocycles. The molecule has 20 heteroatoms. The molecule has 1 saturated heterocycles. The van der Waals surface area contributed by atoms with Crippen LogP contribution in [-0.2, 0) is 30.6 Å². The van der Waals surface area contributed by atoms with E-state index < -0.39 is 56.5 Å². The molecule has 17 nitrogen and oxygen atoms in total. The number of hydrogen-bond donors (Lipinski definition) is 5. The fraction of sp³-hybridized carbons (Fsp3) is 0.481. The summed E-state index contributed by atoms with van der Waals surface area (Å²) in [6.07, 6.45) is 4.15. The zero-order chi connectivity index (χ0) is 54.1. The van der Waals surface area contributed by atoms with Crippen LogP contribution in [-0.4, -0.2) is 120 Å². The monoisotopic (exact) mass is 1070 g/mol. The van der Waals surface area contributed by atoms with Crippen LogP contribution in [0.2, 0.25) is 5.02 Å². The highest BCUT2D eigenvalue weighted by molar-refractivity contribution is 7.92. The number of sulfone groups is 1. The molecule has 3 aromatic carbocycles. The van der Waals surface area contributed by atoms with Crippen molar-refractivity contribution >= 4 is 73.6 Å². The molecule has 74 heavy (non-hydrogen) atoms. The number of aryl methyl sites for hydroxylation is 2. The van der Waals surface area contributed by atoms with Crippen LogP contribution in [0.1, 0.15) is 103 Å². The summed E-state index contributed by atoms with van der Waals surface area (Å²) in [6, 6.07) is 14.3. The molecular weight excluding hydrogens is 1000 g/mol. The maximum atomic E-state index is 13.9. The number of halogens is 1. The van der Waals surface area contributed by atoms with Crippen molar-refractivity contribution in [3.05, 3.63) is 93.7 Å². The summed E-state index contributed by atoms with van der Waals surface area (Å²) in [5.41, 5.74) is 7.06. The first-order valence-electron chi connectivity index (χ1n) is 25.0. The first kappa shape index (κ1) is 57.4. The number of anilines is 4. The van der Waals surface area contributed by atoms with E-state index in [1.54, 1.807) is 56.6 Å². The molecule has 1 fully saturated rings. The van der Waals surface area contributed by atoms with Gasteiger partial charge in [0.05, 0.1) is 69.7 Å². The van der Waals surface area contributed by atoms with E-state index in [1.807, 2.05) is 77.4 Å². The minimum atomic E-state index is -3.59. The SMILES string of the molecule is COc1cc(CCN(C)CCCCCOc2cc(-c3scnc3C)ccc2[C@H](C)NC(=O)[C@@H]2C[C@@H](O)CN2C(=O)[C@@H](NC(C)=O)C(C)(C)C)c(C)cc1Nc1ncc(Cl)c(Nc2ccccc2S(=O)(=O)C(C)C)n1. The van der Waals surface area contributed by atoms with Gasteiger partial charge < -0.3 is 45.6 Å². The van der Waals surface area contributed by atoms with Gasteiger partial charge in [-0.15, -0.1) is 11.3 Å². The number of aromatic nitrogens is 3. The van der Waals surface area contributed by atoms with Gasteiger partial charge in [-0.3, -0.25) is 14.4 Å². The lowest BCUT2D eigenvalue weighted by molar-refractivity contribution is -0.144. The smallest absolute Gasteiger partial charge is 0.246 e. The number of benzene rings is 3. The van der Waals surface area contributed by atoms with Gasteiger partial charge in [-0.1, -0.05) is 56.6 Å². The molecule has 4 atom stereocenters. The van der Waals surface area contributed by atoms with Gasteiger partial charge in [-0.05, 0) is 126 Å². The fourth-order valence-corrected chi connectivity index (χ4v) is 11.0. The van der Waals surface area contributed by atoms with E-state index in [9.17, 15) is 27.9 Å². The molecule has 400 valence electrons. The Morgan fingerprint density at radius 3 is 2.38 bits per heavy atom. The molecular formula is C54H72ClN9O8S2. The number of thiazole rings is 1. The molecule has 0 bridgehead atoms. The van der Waals surface area contributed by atoms with Crippen LogP contribution in [0.5, 0.6) is 11.5 Å². The standard InChI is InChI=1S/C54H72ClN9O8S2/c1-32(2)74(69,70)47-18-14-13-17-42(47)60-50-41(55)29-56-53(62-50)61-43-25-33(3)37(26-46(43)71-11)21-23-63(10)22-15-12-16-24-72-45-27-38(48-35(5)57-31-73-48)19-20-40(45)34(4)58-51(67)44-28-39(66)30-64(44)52(68)49(54(7,8)9)59-36(6)65/h13-14,17-20,25-27,29,31-32,34,39,44,49,66H,12,15-16,21-24,28,30H2,1-11H3,(H,58,67)(H,59,65)(H2,56,60,61,62)/t34-,39+,44-,49+/m0/s1. The number of rotatable bonds is 23. The third kappa shape index (κ3) is 14.5. The maximum absolute atomic E-state index is 13.9. The van der Waals surface area contributed by atoms with Crippen molar-refractivity contribution in [3.63, 3.8) is 0 Å². The van der Waals surface area contributed by atoms with Crippen molar-refractivity contribution in [2.45, 2.75) is 129 Å². The number of hydrogen-bond acceptors (Lipinski definition) is 15. The van der Waals surface area contributed by atoms with Crippen LogP contribution in [0.3, 0.4) is 0 Å². The van der Waals surface area contributed by atoms with Crippen LogP contribution in [0, 0.1) is 19.3 Å². The number of likely N-dealkylation sites (N-methyl/N-ethyl adjacent to an activating group) is 1. The van der Waals surface area contributed by atoms with Gasteiger partial charge >= 0.3 is 0 Å². The highest BCUT2D eigenvalue weighted by Crippen LogP contribution is 2.37. The largest absolute Gasteiger partial charge is 0.495 e. The molecule has 6 rings (SSSR count). The number of aliphatic hydroxyl groups excluding tert-OH is 1. The van der Waals surface area contributed by atoms with Crippen molar-refractivity contribution in [1.29, 1.82) is 0 Å². The predicted molar refractivity (Wildman–Crippen MR) is 293 cm³/mol. The minimum absolute atomic E-state index is 0.00814. The minimum Gasteiger partial charge on any atom is -0.495 e. The maximum Gasteiger partial charge on any atom is 0.246 e. The Kier molecular flexibility index (Phi) is 19.5. The summed E-state index contributed by atoms with van der Waals surface area (Å²) in [5, 5.41) is 22.5. The van der Waals surface area contributed by atoms with Crippen molar-refractivity contribution in [1.82, 2.24) is 35.4 Å². The molecule has 5 N–H and O–H groups in total. The highest BCUT2D eigenvalue weighted by Gasteiger charge is 2.44. The Hall–Kier alpha value is -5.86. The van der Waals surface area contributed by atoms with E-state index in [0.29, 0.717) is 29.5 Å². The van der Waals surface area contributed by atoms with Gasteiger partial charge in [0, 0.05) is 32.0 Å². The van der Waals surface area contributed by atoms with Gasteiger partial charge in [0.1, 0.15) is 28.6 Å². The zero-order valence-corrected chi connectivity index (χ0v) is 46.7. The third-order valence-corrected chi connectivity index (χ3v) is 16.6. The van der Waals surface area contributed by atoms with E-state index in [4.69, 9.17) is 21.1 Å². The molecule has 3 heterocycles. The fourth-order valence-electron chi connectivity index (χ4n) is 8.82. The van der Waals surface area contributed by atoms with Gasteiger partial charge in [-0.2, -0.15) is 4.98 Å². The molecule has 0 radical (unpaired) electrons. The number of amides is 3. The second-order valence-electron chi connectivity index (χ2n) is 20.3. The number of likely N-dealkylation sites (tertiary alicyclic amines) is 1. The van der Waals surface area contributed by atoms with Crippen LogP contribution in [0.15, 0.2) is 71.2 Å². The van der Waals surface area contributed by atoms with Crippen LogP contribution >= 0.6 is 22.9 Å². The lowest BCUT2D eigenvalue weighted by Crippen LogP contribution is -2.57. The molecule has 0 unspecified atom stereocenters. The van der Waals surface area contributed by atoms with Crippen molar-refractivity contribution in [2.24, 2.45) is 5.41 Å². The second-order valence-corrected chi connectivity index (χ2v) is 24.1. The number of methoxy groups -OCH3 is 1. The topological polar surface area (TPSA) is 217 Å². The lowest BCUT2D eigenvalue weighted by Gasteiger charge is -2.35. The Bertz CT molecular complexity index is 2890. The number of nitrogens with zero attached hydrogens (tertiary/aromatic N) is 5. The number of para-hydroxylation sites is 1. The van der Waals surface area contributed by atoms with E-state index in [1.165, 1.54) is 18.0 Å². The number of nitrogens with one attached hydrogen (secondary N) is 4. The second kappa shape index (κ2) is 25.1. The van der Waals surface area contributed by atoms with E-state index in [2.05, 4.69) is 48.2 Å². The first-order chi connectivity index (χ1) is 35.0. The van der Waals surface area contributed by atoms with Crippen LogP contribution in [0.25, 0.3) is 10.4 Å². The molecule has 5 aromatic rings. The molecule has 3 amide bonds. The Morgan fingerprint density at radius 2 is 1.70 bits per heavy atom. The van der Waals surface area contributed by atoms with Crippen molar-refractivity contribution in [2.75, 3.05) is 51.0 Å². The third-order valence-electron chi connectivity index (χ3n) is 13.1. The van der Waals surface area contributed by atoms with E-state index in [0.717, 1.165) is 71.6 Å². The van der Waals surface area contributed by atoms with Crippen LogP contribution in [0.4, 0.5) is 23.1 Å². The average Bonchev–Trinajstić information content (AvgIpc) is 3.97. The Morgan fingerprint density at radius 1 is 0.959 bits per heavy atom. The molecule has 0 aliphatic carbocycles. The molecule has 1 aliphatic rings. The Labute approximate surface area is 445 Å². The van der Waals surface area contributed by atoms with Gasteiger partial charge in [-0.25, -0.2) is 18.4 Å². The van der Waals surface area contributed by atoms with Crippen molar-refractivity contribution in [3.8, 4) is 21.9 Å². The van der Waals surface area contributed by atoms with Crippen molar-refractivity contribution < 1.29 is 37.4 Å². The number of unbranched alkanes of at least 4 members (excludes halogenated alkanes) is 2. The Balaban J connectivity index is 1.03. The summed E-state index contributed by atoms with van der Waals surface area (Å²) in [4.78, 5) is 58.1.